The molecule has 1 heterocycles. The number of benzene rings is 2. The van der Waals surface area contributed by atoms with Gasteiger partial charge >= 0.3 is 0 Å². The molecule has 0 atom stereocenters. The number of hydrogen-bond donors (Lipinski definition) is 3. The lowest BCUT2D eigenvalue weighted by Gasteiger charge is -2.12. The molecule has 0 saturated heterocycles. The maximum Gasteiger partial charge on any atom is 0.256 e. The number of hydrogen-bond acceptors (Lipinski definition) is 4. The second kappa shape index (κ2) is 7.70. The lowest BCUT2D eigenvalue weighted by atomic mass is 10.1. The zero-order valence-corrected chi connectivity index (χ0v) is 14.9. The molecule has 0 aliphatic carbocycles. The molecule has 1 amide bonds. The Bertz CT molecular complexity index is 930. The number of halogens is 2. The third-order valence-electron chi connectivity index (χ3n) is 3.53. The second-order valence-corrected chi connectivity index (χ2v) is 6.15. The predicted molar refractivity (Wildman–Crippen MR) is 103 cm³/mol. The van der Waals surface area contributed by atoms with Crippen LogP contribution in [-0.2, 0) is 0 Å². The van der Waals surface area contributed by atoms with Crippen molar-refractivity contribution < 1.29 is 4.79 Å². The average Bonchev–Trinajstić information content (AvgIpc) is 2.61. The lowest BCUT2D eigenvalue weighted by Crippen LogP contribution is -2.22. The highest BCUT2D eigenvalue weighted by atomic mass is 35.5. The van der Waals surface area contributed by atoms with Crippen LogP contribution in [0.3, 0.4) is 0 Å². The lowest BCUT2D eigenvalue weighted by molar-refractivity contribution is 0.102. The molecule has 0 radical (unpaired) electrons. The third-order valence-corrected chi connectivity index (χ3v) is 4.08. The van der Waals surface area contributed by atoms with Crippen LogP contribution in [0.25, 0.3) is 10.9 Å². The van der Waals surface area contributed by atoms with Crippen LogP contribution in [-0.4, -0.2) is 17.4 Å². The largest absolute Gasteiger partial charge is 0.321 e. The fourth-order valence-electron chi connectivity index (χ4n) is 2.39. The normalized spacial score (nSPS) is 10.7. The number of nitrogens with one attached hydrogen (secondary N) is 3. The van der Waals surface area contributed by atoms with Crippen molar-refractivity contribution in [2.45, 2.75) is 6.92 Å². The molecule has 5 nitrogen and oxygen atoms in total. The van der Waals surface area contributed by atoms with Crippen LogP contribution in [0.4, 0.5) is 11.5 Å². The van der Waals surface area contributed by atoms with Gasteiger partial charge in [0, 0.05) is 17.0 Å². The summed E-state index contributed by atoms with van der Waals surface area (Å²) in [6.07, 6.45) is 0. The van der Waals surface area contributed by atoms with Crippen molar-refractivity contribution in [3.05, 3.63) is 64.1 Å². The molecule has 0 aliphatic rings. The molecule has 0 aliphatic heterocycles. The van der Waals surface area contributed by atoms with Gasteiger partial charge in [-0.15, -0.1) is 0 Å². The molecule has 0 bridgehead atoms. The van der Waals surface area contributed by atoms with E-state index in [-0.39, 0.29) is 5.91 Å². The van der Waals surface area contributed by atoms with Gasteiger partial charge in [-0.3, -0.25) is 4.79 Å². The molecule has 3 N–H and O–H groups in total. The third kappa shape index (κ3) is 4.02. The van der Waals surface area contributed by atoms with Crippen molar-refractivity contribution in [2.75, 3.05) is 17.3 Å². The smallest absolute Gasteiger partial charge is 0.256 e. The zero-order chi connectivity index (χ0) is 17.8. The van der Waals surface area contributed by atoms with E-state index in [4.69, 9.17) is 23.2 Å². The van der Waals surface area contributed by atoms with Gasteiger partial charge in [-0.1, -0.05) is 48.3 Å². The Kier molecular flexibility index (Phi) is 5.38. The molecule has 0 spiro atoms. The van der Waals surface area contributed by atoms with E-state index < -0.39 is 0 Å². The molecule has 128 valence electrons. The second-order valence-electron chi connectivity index (χ2n) is 5.31. The molecule has 0 fully saturated rings. The summed E-state index contributed by atoms with van der Waals surface area (Å²) < 4.78 is 0. The Morgan fingerprint density at radius 2 is 1.92 bits per heavy atom. The molecule has 1 aromatic heterocycles. The zero-order valence-electron chi connectivity index (χ0n) is 13.4. The number of amides is 1. The maximum absolute atomic E-state index is 12.8. The van der Waals surface area contributed by atoms with Gasteiger partial charge < -0.3 is 10.7 Å². The maximum atomic E-state index is 12.8. The summed E-state index contributed by atoms with van der Waals surface area (Å²) in [7, 11) is 0. The average molecular weight is 375 g/mol. The summed E-state index contributed by atoms with van der Waals surface area (Å²) in [6.45, 7) is 2.68. The fourth-order valence-corrected chi connectivity index (χ4v) is 2.84. The predicted octanol–water partition coefficient (Wildman–Crippen LogP) is 4.73. The molecular weight excluding hydrogens is 359 g/mol. The molecule has 0 saturated carbocycles. The monoisotopic (exact) mass is 374 g/mol. The molecule has 25 heavy (non-hydrogen) atoms. The first-order valence-corrected chi connectivity index (χ1v) is 8.49. The summed E-state index contributed by atoms with van der Waals surface area (Å²) in [5.74, 6) is 0.287. The first-order chi connectivity index (χ1) is 12.1. The highest BCUT2D eigenvalue weighted by Crippen LogP contribution is 2.27. The van der Waals surface area contributed by atoms with Crippen LogP contribution < -0.4 is 16.2 Å². The van der Waals surface area contributed by atoms with Crippen molar-refractivity contribution in [1.82, 2.24) is 10.4 Å². The number of aromatic nitrogens is 1. The molecule has 7 heteroatoms. The van der Waals surface area contributed by atoms with E-state index in [1.165, 1.54) is 0 Å². The quantitative estimate of drug-likeness (QED) is 0.564. The van der Waals surface area contributed by atoms with Crippen molar-refractivity contribution in [1.29, 1.82) is 0 Å². The van der Waals surface area contributed by atoms with Gasteiger partial charge in [0.2, 0.25) is 0 Å². The number of hydrazine groups is 1. The number of anilines is 2. The molecule has 3 aromatic rings. The number of nitrogens with zero attached hydrogens (tertiary/aromatic N) is 1. The highest BCUT2D eigenvalue weighted by Gasteiger charge is 2.14. The summed E-state index contributed by atoms with van der Waals surface area (Å²) in [5.41, 5.74) is 7.68. The Labute approximate surface area is 155 Å². The summed E-state index contributed by atoms with van der Waals surface area (Å²) >= 11 is 12.0. The Morgan fingerprint density at radius 1 is 1.12 bits per heavy atom. The number of para-hydroxylation sites is 1. The minimum Gasteiger partial charge on any atom is -0.321 e. The van der Waals surface area contributed by atoms with E-state index in [0.29, 0.717) is 27.1 Å². The molecule has 0 unspecified atom stereocenters. The van der Waals surface area contributed by atoms with E-state index >= 15 is 0 Å². The van der Waals surface area contributed by atoms with Gasteiger partial charge in [-0.05, 0) is 30.3 Å². The standard InChI is InChI=1S/C18H16Cl2N4O/c1-2-21-24-17-10-13(12-5-3-4-6-15(12)22-17)18(25)23-16-8-7-11(19)9-14(16)20/h3-10,21H,2H2,1H3,(H,22,24)(H,23,25). The van der Waals surface area contributed by atoms with Gasteiger partial charge in [-0.2, -0.15) is 0 Å². The van der Waals surface area contributed by atoms with E-state index in [9.17, 15) is 4.79 Å². The Morgan fingerprint density at radius 3 is 2.68 bits per heavy atom. The van der Waals surface area contributed by atoms with Crippen LogP contribution in [0, 0.1) is 0 Å². The molecule has 3 rings (SSSR count). The van der Waals surface area contributed by atoms with Gasteiger partial charge in [-0.25, -0.2) is 10.4 Å². The fraction of sp³-hybridized carbons (Fsp3) is 0.111. The summed E-state index contributed by atoms with van der Waals surface area (Å²) in [5, 5.41) is 4.47. The first kappa shape index (κ1) is 17.5. The number of fused-ring (bicyclic) bond motifs is 1. The van der Waals surface area contributed by atoms with E-state index in [1.807, 2.05) is 31.2 Å². The minimum absolute atomic E-state index is 0.276. The van der Waals surface area contributed by atoms with E-state index in [2.05, 4.69) is 21.2 Å². The SMILES string of the molecule is CCNNc1cc(C(=O)Nc2ccc(Cl)cc2Cl)c2ccccc2n1. The van der Waals surface area contributed by atoms with E-state index in [1.54, 1.807) is 24.3 Å². The number of pyridine rings is 1. The van der Waals surface area contributed by atoms with Crippen LogP contribution in [0.2, 0.25) is 10.0 Å². The Hall–Kier alpha value is -2.34. The number of carbonyl (C=O) groups excluding carboxylic acids is 1. The minimum atomic E-state index is -0.276. The van der Waals surface area contributed by atoms with Gasteiger partial charge in [0.1, 0.15) is 5.82 Å². The van der Waals surface area contributed by atoms with Crippen molar-refractivity contribution in [3.63, 3.8) is 0 Å². The topological polar surface area (TPSA) is 66.0 Å². The Balaban J connectivity index is 1.99. The summed E-state index contributed by atoms with van der Waals surface area (Å²) in [4.78, 5) is 17.3. The van der Waals surface area contributed by atoms with Crippen molar-refractivity contribution >= 4 is 51.5 Å². The number of rotatable bonds is 5. The van der Waals surface area contributed by atoms with Crippen LogP contribution >= 0.6 is 23.2 Å². The van der Waals surface area contributed by atoms with Crippen LogP contribution in [0.15, 0.2) is 48.5 Å². The molecular formula is C18H16Cl2N4O. The van der Waals surface area contributed by atoms with Gasteiger partial charge in [0.25, 0.3) is 5.91 Å². The van der Waals surface area contributed by atoms with Crippen LogP contribution in [0.5, 0.6) is 0 Å². The van der Waals surface area contributed by atoms with Crippen molar-refractivity contribution in [2.24, 2.45) is 0 Å². The van der Waals surface area contributed by atoms with Gasteiger partial charge in [0.05, 0.1) is 21.8 Å². The molecule has 2 aromatic carbocycles. The van der Waals surface area contributed by atoms with Crippen molar-refractivity contribution in [3.8, 4) is 0 Å². The first-order valence-electron chi connectivity index (χ1n) is 7.73. The van der Waals surface area contributed by atoms with E-state index in [0.717, 1.165) is 17.4 Å². The number of carbonyl (C=O) groups is 1. The summed E-state index contributed by atoms with van der Waals surface area (Å²) in [6, 6.07) is 14.1. The van der Waals surface area contributed by atoms with Gasteiger partial charge in [0.15, 0.2) is 0 Å². The van der Waals surface area contributed by atoms with Crippen LogP contribution in [0.1, 0.15) is 17.3 Å². The highest BCUT2D eigenvalue weighted by molar-refractivity contribution is 6.37.